The smallest absolute Gasteiger partial charge is 0.0556 e. The van der Waals surface area contributed by atoms with Crippen molar-refractivity contribution < 1.29 is 0 Å². The summed E-state index contributed by atoms with van der Waals surface area (Å²) in [5, 5.41) is 0. The molecule has 0 unspecified atom stereocenters. The monoisotopic (exact) mass is 262 g/mol. The van der Waals surface area contributed by atoms with Crippen LogP contribution in [0.15, 0.2) is 0 Å². The van der Waals surface area contributed by atoms with Gasteiger partial charge < -0.3 is 0 Å². The van der Waals surface area contributed by atoms with Gasteiger partial charge in [-0.05, 0) is 12.8 Å². The molecule has 0 atom stereocenters. The molecule has 0 radical (unpaired) electrons. The SMILES string of the molecule is C[Si]1(C)CC#CCCCCCC#CC[Si]1(C)C. The third-order valence-electron chi connectivity index (χ3n) is 4.25. The maximum absolute atomic E-state index is 3.47. The zero-order valence-corrected chi connectivity index (χ0v) is 13.9. The van der Waals surface area contributed by atoms with E-state index in [2.05, 4.69) is 49.9 Å². The van der Waals surface area contributed by atoms with Crippen molar-refractivity contribution in [3.8, 4) is 23.7 Å². The van der Waals surface area contributed by atoms with Gasteiger partial charge in [-0.3, -0.25) is 0 Å². The van der Waals surface area contributed by atoms with E-state index in [1.54, 1.807) is 0 Å². The fourth-order valence-electron chi connectivity index (χ4n) is 1.83. The molecule has 17 heavy (non-hydrogen) atoms. The molecule has 0 saturated heterocycles. The summed E-state index contributed by atoms with van der Waals surface area (Å²) in [6, 6.07) is 2.38. The zero-order chi connectivity index (χ0) is 12.8. The summed E-state index contributed by atoms with van der Waals surface area (Å²) in [4.78, 5) is 0. The molecular formula is C15H26Si2. The standard InChI is InChI=1S/C15H26Si2/c1-16(2)14-12-10-8-6-5-7-9-11-13-15-17(16,3)4/h5-9,14-15H2,1-4H3. The van der Waals surface area contributed by atoms with Crippen molar-refractivity contribution in [1.29, 1.82) is 0 Å². The second-order valence-corrected chi connectivity index (χ2v) is 22.8. The molecule has 1 aliphatic rings. The van der Waals surface area contributed by atoms with Gasteiger partial charge in [0.15, 0.2) is 0 Å². The summed E-state index contributed by atoms with van der Waals surface area (Å²) >= 11 is 0. The second-order valence-electron chi connectivity index (χ2n) is 6.39. The van der Waals surface area contributed by atoms with Crippen molar-refractivity contribution in [2.24, 2.45) is 0 Å². The van der Waals surface area contributed by atoms with Crippen LogP contribution in [0.25, 0.3) is 0 Å². The summed E-state index contributed by atoms with van der Waals surface area (Å²) in [7, 11) is -2.30. The molecule has 0 fully saturated rings. The van der Waals surface area contributed by atoms with Crippen LogP contribution in [-0.4, -0.2) is 15.2 Å². The molecule has 0 nitrogen and oxygen atoms in total. The van der Waals surface area contributed by atoms with Crippen LogP contribution in [0.2, 0.25) is 38.3 Å². The van der Waals surface area contributed by atoms with E-state index in [0.717, 1.165) is 12.8 Å². The summed E-state index contributed by atoms with van der Waals surface area (Å²) in [5.41, 5.74) is 0. The van der Waals surface area contributed by atoms with Gasteiger partial charge >= 0.3 is 0 Å². The number of hydrogen-bond donors (Lipinski definition) is 0. The highest BCUT2D eigenvalue weighted by Gasteiger charge is 2.39. The Labute approximate surface area is 109 Å². The van der Waals surface area contributed by atoms with Crippen LogP contribution < -0.4 is 0 Å². The van der Waals surface area contributed by atoms with E-state index in [-0.39, 0.29) is 0 Å². The summed E-state index contributed by atoms with van der Waals surface area (Å²) in [5.74, 6) is 13.7. The lowest BCUT2D eigenvalue weighted by atomic mass is 10.1. The minimum atomic E-state index is -1.15. The van der Waals surface area contributed by atoms with Gasteiger partial charge in [-0.25, -0.2) is 0 Å². The predicted octanol–water partition coefficient (Wildman–Crippen LogP) is 4.45. The van der Waals surface area contributed by atoms with Gasteiger partial charge in [-0.1, -0.05) is 32.6 Å². The molecule has 0 amide bonds. The second kappa shape index (κ2) is 6.48. The van der Waals surface area contributed by atoms with Gasteiger partial charge in [0.1, 0.15) is 0 Å². The predicted molar refractivity (Wildman–Crippen MR) is 83.2 cm³/mol. The van der Waals surface area contributed by atoms with Crippen LogP contribution in [0.3, 0.4) is 0 Å². The van der Waals surface area contributed by atoms with E-state index in [9.17, 15) is 0 Å². The Hall–Kier alpha value is -0.446. The van der Waals surface area contributed by atoms with Gasteiger partial charge in [-0.2, -0.15) is 0 Å². The topological polar surface area (TPSA) is 0 Å². The Morgan fingerprint density at radius 2 is 1.00 bits per heavy atom. The summed E-state index contributed by atoms with van der Waals surface area (Å²) < 4.78 is 0. The van der Waals surface area contributed by atoms with E-state index in [1.807, 2.05) is 0 Å². The van der Waals surface area contributed by atoms with Gasteiger partial charge in [0.05, 0.1) is 15.2 Å². The first kappa shape index (κ1) is 14.6. The minimum absolute atomic E-state index is 1.10. The highest BCUT2D eigenvalue weighted by molar-refractivity contribution is 7.41. The van der Waals surface area contributed by atoms with Crippen molar-refractivity contribution in [2.75, 3.05) is 0 Å². The van der Waals surface area contributed by atoms with Crippen molar-refractivity contribution in [2.45, 2.75) is 70.4 Å². The number of rotatable bonds is 0. The average molecular weight is 263 g/mol. The van der Waals surface area contributed by atoms with Crippen molar-refractivity contribution in [1.82, 2.24) is 0 Å². The molecule has 94 valence electrons. The third-order valence-corrected chi connectivity index (χ3v) is 22.1. The van der Waals surface area contributed by atoms with Crippen LogP contribution in [0.1, 0.15) is 32.1 Å². The van der Waals surface area contributed by atoms with E-state index in [0.29, 0.717) is 0 Å². The Kier molecular flexibility index (Phi) is 5.57. The molecule has 0 aromatic heterocycles. The Balaban J connectivity index is 2.79. The first-order valence-corrected chi connectivity index (χ1v) is 14.3. The fraction of sp³-hybridized carbons (Fsp3) is 0.733. The fourth-order valence-corrected chi connectivity index (χ4v) is 7.32. The number of hydrogen-bond acceptors (Lipinski definition) is 0. The van der Waals surface area contributed by atoms with Crippen molar-refractivity contribution in [3.05, 3.63) is 0 Å². The molecule has 0 spiro atoms. The highest BCUT2D eigenvalue weighted by Crippen LogP contribution is 2.26. The molecule has 0 aromatic carbocycles. The summed E-state index contributed by atoms with van der Waals surface area (Å²) in [6.45, 7) is 10.1. The van der Waals surface area contributed by atoms with E-state index in [4.69, 9.17) is 0 Å². The van der Waals surface area contributed by atoms with Crippen molar-refractivity contribution >= 4 is 15.2 Å². The first-order valence-electron chi connectivity index (χ1n) is 6.87. The molecular weight excluding hydrogens is 236 g/mol. The van der Waals surface area contributed by atoms with E-state index in [1.165, 1.54) is 31.4 Å². The molecule has 0 bridgehead atoms. The zero-order valence-electron chi connectivity index (χ0n) is 11.9. The van der Waals surface area contributed by atoms with Crippen molar-refractivity contribution in [3.63, 3.8) is 0 Å². The lowest BCUT2D eigenvalue weighted by Gasteiger charge is -2.35. The lowest BCUT2D eigenvalue weighted by molar-refractivity contribution is 0.709. The third kappa shape index (κ3) is 4.74. The maximum atomic E-state index is 3.47. The van der Waals surface area contributed by atoms with E-state index < -0.39 is 15.2 Å². The van der Waals surface area contributed by atoms with Crippen LogP contribution in [0, 0.1) is 23.7 Å². The molecule has 1 rings (SSSR count). The molecule has 2 heteroatoms. The normalized spacial score (nSPS) is 23.8. The largest absolute Gasteiger partial charge is 0.107 e. The lowest BCUT2D eigenvalue weighted by Crippen LogP contribution is -2.54. The van der Waals surface area contributed by atoms with E-state index >= 15 is 0 Å². The molecule has 1 heterocycles. The quantitative estimate of drug-likeness (QED) is 0.447. The molecule has 0 N–H and O–H groups in total. The van der Waals surface area contributed by atoms with Gasteiger partial charge in [0.2, 0.25) is 0 Å². The molecule has 1 aliphatic heterocycles. The highest BCUT2D eigenvalue weighted by atomic mass is 29.3. The Morgan fingerprint density at radius 3 is 1.41 bits per heavy atom. The molecule has 0 saturated carbocycles. The van der Waals surface area contributed by atoms with Gasteiger partial charge in [0, 0.05) is 24.9 Å². The van der Waals surface area contributed by atoms with Crippen LogP contribution in [-0.2, 0) is 0 Å². The Bertz CT molecular complexity index is 322. The Morgan fingerprint density at radius 1 is 0.588 bits per heavy atom. The van der Waals surface area contributed by atoms with Crippen LogP contribution in [0.4, 0.5) is 0 Å². The first-order chi connectivity index (χ1) is 7.96. The van der Waals surface area contributed by atoms with Gasteiger partial charge in [-0.15, -0.1) is 23.7 Å². The van der Waals surface area contributed by atoms with Crippen LogP contribution in [0.5, 0.6) is 0 Å². The average Bonchev–Trinajstić information content (AvgIpc) is 2.25. The summed E-state index contributed by atoms with van der Waals surface area (Å²) in [6.07, 6.45) is 6.01. The minimum Gasteiger partial charge on any atom is -0.107 e. The van der Waals surface area contributed by atoms with Gasteiger partial charge in [0.25, 0.3) is 0 Å². The molecule has 0 aromatic rings. The molecule has 0 aliphatic carbocycles. The van der Waals surface area contributed by atoms with Crippen LogP contribution >= 0.6 is 0 Å². The maximum Gasteiger partial charge on any atom is 0.0556 e.